The molecule has 98 valence electrons. The number of aromatic nitrogens is 3. The zero-order chi connectivity index (χ0) is 13.4. The number of anilines is 1. The van der Waals surface area contributed by atoms with Gasteiger partial charge in [0.15, 0.2) is 11.0 Å². The van der Waals surface area contributed by atoms with E-state index in [1.807, 2.05) is 30.6 Å². The van der Waals surface area contributed by atoms with Gasteiger partial charge in [0, 0.05) is 18.5 Å². The van der Waals surface area contributed by atoms with Crippen molar-refractivity contribution >= 4 is 27.5 Å². The lowest BCUT2D eigenvalue weighted by atomic mass is 10.3. The highest BCUT2D eigenvalue weighted by Crippen LogP contribution is 2.27. The van der Waals surface area contributed by atoms with Gasteiger partial charge in [0.2, 0.25) is 0 Å². The summed E-state index contributed by atoms with van der Waals surface area (Å²) in [6.07, 6.45) is 0. The number of nitrogens with zero attached hydrogens (tertiary/aromatic N) is 3. The molecule has 1 N–H and O–H groups in total. The van der Waals surface area contributed by atoms with Crippen molar-refractivity contribution in [2.45, 2.75) is 19.9 Å². The van der Waals surface area contributed by atoms with Crippen LogP contribution < -0.4 is 5.32 Å². The summed E-state index contributed by atoms with van der Waals surface area (Å²) in [6, 6.07) is 8.52. The standard InChI is InChI=1S/C14H16N4S/c1-9(2)15-14-17-11(8-19-14)13-16-10-6-4-5-7-12(10)18(13)3/h4-9H,1-3H3,(H,15,17). The van der Waals surface area contributed by atoms with E-state index in [1.165, 1.54) is 0 Å². The lowest BCUT2D eigenvalue weighted by molar-refractivity contribution is 0.895. The van der Waals surface area contributed by atoms with Crippen molar-refractivity contribution in [1.29, 1.82) is 0 Å². The van der Waals surface area contributed by atoms with Crippen molar-refractivity contribution in [1.82, 2.24) is 14.5 Å². The number of hydrogen-bond donors (Lipinski definition) is 1. The van der Waals surface area contributed by atoms with Gasteiger partial charge in [-0.15, -0.1) is 11.3 Å². The Hall–Kier alpha value is -1.88. The maximum absolute atomic E-state index is 4.65. The van der Waals surface area contributed by atoms with E-state index < -0.39 is 0 Å². The number of nitrogens with one attached hydrogen (secondary N) is 1. The van der Waals surface area contributed by atoms with Crippen LogP contribution in [0.25, 0.3) is 22.6 Å². The molecule has 0 spiro atoms. The predicted octanol–water partition coefficient (Wildman–Crippen LogP) is 3.52. The quantitative estimate of drug-likeness (QED) is 0.793. The van der Waals surface area contributed by atoms with Crippen LogP contribution in [0.4, 0.5) is 5.13 Å². The molecule has 0 unspecified atom stereocenters. The van der Waals surface area contributed by atoms with E-state index >= 15 is 0 Å². The highest BCUT2D eigenvalue weighted by Gasteiger charge is 2.12. The van der Waals surface area contributed by atoms with Crippen molar-refractivity contribution in [2.24, 2.45) is 7.05 Å². The van der Waals surface area contributed by atoms with Gasteiger partial charge in [-0.3, -0.25) is 0 Å². The van der Waals surface area contributed by atoms with Gasteiger partial charge in [-0.05, 0) is 26.0 Å². The summed E-state index contributed by atoms with van der Waals surface area (Å²) in [7, 11) is 2.03. The van der Waals surface area contributed by atoms with Crippen LogP contribution in [0.3, 0.4) is 0 Å². The molecule has 1 aromatic carbocycles. The molecule has 5 heteroatoms. The summed E-state index contributed by atoms with van der Waals surface area (Å²) in [6.45, 7) is 4.21. The molecule has 2 heterocycles. The van der Waals surface area contributed by atoms with E-state index in [2.05, 4.69) is 39.8 Å². The van der Waals surface area contributed by atoms with E-state index in [-0.39, 0.29) is 0 Å². The third-order valence-corrected chi connectivity index (χ3v) is 3.71. The van der Waals surface area contributed by atoms with Crippen LogP contribution in [0.5, 0.6) is 0 Å². The number of benzene rings is 1. The molecule has 0 saturated carbocycles. The van der Waals surface area contributed by atoms with E-state index in [1.54, 1.807) is 11.3 Å². The summed E-state index contributed by atoms with van der Waals surface area (Å²) >= 11 is 1.62. The van der Waals surface area contributed by atoms with Crippen LogP contribution in [-0.4, -0.2) is 20.6 Å². The smallest absolute Gasteiger partial charge is 0.183 e. The van der Waals surface area contributed by atoms with E-state index in [4.69, 9.17) is 0 Å². The summed E-state index contributed by atoms with van der Waals surface area (Å²) < 4.78 is 2.09. The van der Waals surface area contributed by atoms with Gasteiger partial charge >= 0.3 is 0 Å². The van der Waals surface area contributed by atoms with Gasteiger partial charge in [0.05, 0.1) is 11.0 Å². The molecule has 0 radical (unpaired) electrons. The van der Waals surface area contributed by atoms with Crippen LogP contribution in [0.2, 0.25) is 0 Å². The fourth-order valence-corrected chi connectivity index (χ4v) is 2.90. The number of thiazole rings is 1. The number of hydrogen-bond acceptors (Lipinski definition) is 4. The molecule has 19 heavy (non-hydrogen) atoms. The highest BCUT2D eigenvalue weighted by molar-refractivity contribution is 7.14. The first kappa shape index (κ1) is 12.2. The number of imidazole rings is 1. The molecular weight excluding hydrogens is 256 g/mol. The number of fused-ring (bicyclic) bond motifs is 1. The Morgan fingerprint density at radius 3 is 2.74 bits per heavy atom. The average molecular weight is 272 g/mol. The lowest BCUT2D eigenvalue weighted by Crippen LogP contribution is -2.09. The molecule has 0 aliphatic rings. The first-order valence-corrected chi connectivity index (χ1v) is 7.17. The van der Waals surface area contributed by atoms with Crippen LogP contribution in [0.15, 0.2) is 29.6 Å². The third-order valence-electron chi connectivity index (χ3n) is 2.93. The molecule has 0 saturated heterocycles. The Morgan fingerprint density at radius 1 is 1.21 bits per heavy atom. The molecular formula is C14H16N4S. The summed E-state index contributed by atoms with van der Waals surface area (Å²) in [5, 5.41) is 6.31. The zero-order valence-electron chi connectivity index (χ0n) is 11.2. The second kappa shape index (κ2) is 4.66. The topological polar surface area (TPSA) is 42.7 Å². The summed E-state index contributed by atoms with van der Waals surface area (Å²) in [5.41, 5.74) is 3.06. The molecule has 0 aliphatic carbocycles. The molecule has 0 amide bonds. The van der Waals surface area contributed by atoms with Gasteiger partial charge < -0.3 is 9.88 Å². The van der Waals surface area contributed by atoms with Gasteiger partial charge in [0.1, 0.15) is 5.69 Å². The van der Waals surface area contributed by atoms with E-state index in [0.717, 1.165) is 27.7 Å². The normalized spacial score (nSPS) is 11.4. The minimum absolute atomic E-state index is 0.388. The van der Waals surface area contributed by atoms with Crippen molar-refractivity contribution < 1.29 is 0 Å². The molecule has 2 aromatic heterocycles. The first-order valence-electron chi connectivity index (χ1n) is 6.29. The maximum Gasteiger partial charge on any atom is 0.183 e. The lowest BCUT2D eigenvalue weighted by Gasteiger charge is -2.04. The van der Waals surface area contributed by atoms with E-state index in [9.17, 15) is 0 Å². The molecule has 3 aromatic rings. The fourth-order valence-electron chi connectivity index (χ4n) is 2.06. The minimum Gasteiger partial charge on any atom is -0.359 e. The maximum atomic E-state index is 4.65. The second-order valence-electron chi connectivity index (χ2n) is 4.82. The van der Waals surface area contributed by atoms with Crippen LogP contribution in [-0.2, 0) is 7.05 Å². The SMILES string of the molecule is CC(C)Nc1nc(-c2nc3ccccc3n2C)cs1. The van der Waals surface area contributed by atoms with Crippen molar-refractivity contribution in [2.75, 3.05) is 5.32 Å². The average Bonchev–Trinajstić information content (AvgIpc) is 2.94. The number of rotatable bonds is 3. The Kier molecular flexibility index (Phi) is 2.98. The van der Waals surface area contributed by atoms with Crippen LogP contribution in [0.1, 0.15) is 13.8 Å². The predicted molar refractivity (Wildman–Crippen MR) is 80.6 cm³/mol. The molecule has 4 nitrogen and oxygen atoms in total. The third kappa shape index (κ3) is 2.21. The minimum atomic E-state index is 0.388. The fraction of sp³-hybridized carbons (Fsp3) is 0.286. The summed E-state index contributed by atoms with van der Waals surface area (Å²) in [5.74, 6) is 0.911. The van der Waals surface area contributed by atoms with E-state index in [0.29, 0.717) is 6.04 Å². The molecule has 0 aliphatic heterocycles. The van der Waals surface area contributed by atoms with Crippen molar-refractivity contribution in [3.63, 3.8) is 0 Å². The van der Waals surface area contributed by atoms with Crippen LogP contribution >= 0.6 is 11.3 Å². The Balaban J connectivity index is 2.04. The Labute approximate surface area is 116 Å². The Morgan fingerprint density at radius 2 is 2.00 bits per heavy atom. The van der Waals surface area contributed by atoms with Crippen LogP contribution in [0, 0.1) is 0 Å². The second-order valence-corrected chi connectivity index (χ2v) is 5.68. The molecule has 0 atom stereocenters. The summed E-state index contributed by atoms with van der Waals surface area (Å²) in [4.78, 5) is 9.26. The largest absolute Gasteiger partial charge is 0.359 e. The molecule has 0 bridgehead atoms. The van der Waals surface area contributed by atoms with Gasteiger partial charge in [-0.25, -0.2) is 9.97 Å². The van der Waals surface area contributed by atoms with Crippen molar-refractivity contribution in [3.8, 4) is 11.5 Å². The van der Waals surface area contributed by atoms with Gasteiger partial charge in [-0.2, -0.15) is 0 Å². The van der Waals surface area contributed by atoms with Crippen molar-refractivity contribution in [3.05, 3.63) is 29.6 Å². The van der Waals surface area contributed by atoms with Gasteiger partial charge in [-0.1, -0.05) is 12.1 Å². The Bertz CT molecular complexity index is 711. The molecule has 0 fully saturated rings. The monoisotopic (exact) mass is 272 g/mol. The number of aryl methyl sites for hydroxylation is 1. The first-order chi connectivity index (χ1) is 9.15. The number of para-hydroxylation sites is 2. The highest BCUT2D eigenvalue weighted by atomic mass is 32.1. The zero-order valence-corrected chi connectivity index (χ0v) is 12.0. The van der Waals surface area contributed by atoms with Gasteiger partial charge in [0.25, 0.3) is 0 Å². The molecule has 3 rings (SSSR count).